The minimum absolute atomic E-state index is 0.000368. The predicted octanol–water partition coefficient (Wildman–Crippen LogP) is 4.68. The van der Waals surface area contributed by atoms with Gasteiger partial charge in [0.1, 0.15) is 17.3 Å². The highest BCUT2D eigenvalue weighted by molar-refractivity contribution is 6.48. The van der Waals surface area contributed by atoms with Crippen LogP contribution in [0.5, 0.6) is 11.5 Å². The van der Waals surface area contributed by atoms with Crippen LogP contribution in [-0.4, -0.2) is 36.3 Å². The molecule has 1 aliphatic rings. The van der Waals surface area contributed by atoms with Crippen molar-refractivity contribution >= 4 is 34.3 Å². The summed E-state index contributed by atoms with van der Waals surface area (Å²) in [7, 11) is 1.50. The van der Waals surface area contributed by atoms with E-state index < -0.39 is 29.4 Å². The molecule has 0 aliphatic carbocycles. The van der Waals surface area contributed by atoms with Crippen LogP contribution in [0.3, 0.4) is 0 Å². The molecule has 36 heavy (non-hydrogen) atoms. The first-order chi connectivity index (χ1) is 17.4. The van der Waals surface area contributed by atoms with Gasteiger partial charge >= 0.3 is 0 Å². The maximum Gasteiger partial charge on any atom is 0.297 e. The van der Waals surface area contributed by atoms with E-state index in [2.05, 4.69) is 5.16 Å². The number of hydrogen-bond donors (Lipinski definition) is 0. The van der Waals surface area contributed by atoms with Crippen molar-refractivity contribution in [2.24, 2.45) is 5.92 Å². The molecule has 184 valence electrons. The third-order valence-corrected chi connectivity index (χ3v) is 6.11. The van der Waals surface area contributed by atoms with E-state index in [1.54, 1.807) is 55.5 Å². The maximum absolute atomic E-state index is 13.7. The number of amides is 1. The van der Waals surface area contributed by atoms with Gasteiger partial charge in [-0.15, -0.1) is 0 Å². The van der Waals surface area contributed by atoms with Crippen LogP contribution in [-0.2, 0) is 9.59 Å². The molecule has 0 N–H and O–H groups in total. The quantitative estimate of drug-likeness (QED) is 0.200. The van der Waals surface area contributed by atoms with E-state index in [0.29, 0.717) is 35.0 Å². The second-order valence-corrected chi connectivity index (χ2v) is 8.53. The SMILES string of the molecule is CCCOc1ccc(C2C(C(=O)c3cc4ccccc4o3)C(=O)C(=O)N2c2cc(C)on2)cc1OC. The van der Waals surface area contributed by atoms with Gasteiger partial charge in [0.15, 0.2) is 23.1 Å². The molecule has 9 nitrogen and oxygen atoms in total. The van der Waals surface area contributed by atoms with Gasteiger partial charge in [-0.05, 0) is 43.2 Å². The Morgan fingerprint density at radius 2 is 1.89 bits per heavy atom. The third kappa shape index (κ3) is 3.92. The lowest BCUT2D eigenvalue weighted by molar-refractivity contribution is -0.135. The summed E-state index contributed by atoms with van der Waals surface area (Å²) in [6.07, 6.45) is 0.809. The van der Waals surface area contributed by atoms with Crippen molar-refractivity contribution in [1.82, 2.24) is 5.16 Å². The lowest BCUT2D eigenvalue weighted by Crippen LogP contribution is -2.30. The fraction of sp³-hybridized carbons (Fsp3) is 0.259. The highest BCUT2D eigenvalue weighted by Gasteiger charge is 2.54. The van der Waals surface area contributed by atoms with Crippen LogP contribution >= 0.6 is 0 Å². The van der Waals surface area contributed by atoms with Crippen LogP contribution in [0, 0.1) is 12.8 Å². The van der Waals surface area contributed by atoms with Gasteiger partial charge < -0.3 is 18.4 Å². The molecule has 5 rings (SSSR count). The number of carbonyl (C=O) groups is 3. The van der Waals surface area contributed by atoms with Crippen molar-refractivity contribution < 1.29 is 32.8 Å². The summed E-state index contributed by atoms with van der Waals surface area (Å²) >= 11 is 0. The minimum atomic E-state index is -1.36. The van der Waals surface area contributed by atoms with Gasteiger partial charge in [-0.25, -0.2) is 0 Å². The maximum atomic E-state index is 13.7. The first-order valence-electron chi connectivity index (χ1n) is 11.6. The second kappa shape index (κ2) is 9.33. The first-order valence-corrected chi connectivity index (χ1v) is 11.6. The largest absolute Gasteiger partial charge is 0.493 e. The molecule has 2 atom stereocenters. The summed E-state index contributed by atoms with van der Waals surface area (Å²) < 4.78 is 22.2. The number of carbonyl (C=O) groups excluding carboxylic acids is 3. The molecule has 0 spiro atoms. The first kappa shape index (κ1) is 23.3. The molecule has 3 heterocycles. The van der Waals surface area contributed by atoms with E-state index in [0.717, 1.165) is 11.8 Å². The van der Waals surface area contributed by atoms with Gasteiger partial charge in [-0.1, -0.05) is 36.3 Å². The molecular formula is C27H24N2O7. The molecule has 2 aromatic heterocycles. The number of aromatic nitrogens is 1. The van der Waals surface area contributed by atoms with E-state index in [9.17, 15) is 14.4 Å². The number of ether oxygens (including phenoxy) is 2. The number of benzene rings is 2. The zero-order chi connectivity index (χ0) is 25.4. The van der Waals surface area contributed by atoms with Crippen molar-refractivity contribution in [3.8, 4) is 11.5 Å². The number of para-hydroxylation sites is 1. The van der Waals surface area contributed by atoms with Crippen LogP contribution < -0.4 is 14.4 Å². The molecule has 9 heteroatoms. The summed E-state index contributed by atoms with van der Waals surface area (Å²) in [6.45, 7) is 4.16. The second-order valence-electron chi connectivity index (χ2n) is 8.53. The molecule has 4 aromatic rings. The van der Waals surface area contributed by atoms with Crippen molar-refractivity contribution in [2.45, 2.75) is 26.3 Å². The third-order valence-electron chi connectivity index (χ3n) is 6.11. The Morgan fingerprint density at radius 3 is 2.58 bits per heavy atom. The minimum Gasteiger partial charge on any atom is -0.493 e. The number of rotatable bonds is 8. The van der Waals surface area contributed by atoms with Gasteiger partial charge in [0.2, 0.25) is 11.6 Å². The number of anilines is 1. The van der Waals surface area contributed by atoms with Crippen molar-refractivity contribution in [3.63, 3.8) is 0 Å². The topological polar surface area (TPSA) is 112 Å². The molecule has 1 amide bonds. The Bertz CT molecular complexity index is 1430. The fourth-order valence-electron chi connectivity index (χ4n) is 4.44. The molecule has 0 radical (unpaired) electrons. The van der Waals surface area contributed by atoms with Gasteiger partial charge in [0.05, 0.1) is 19.8 Å². The van der Waals surface area contributed by atoms with E-state index in [4.69, 9.17) is 18.4 Å². The predicted molar refractivity (Wildman–Crippen MR) is 129 cm³/mol. The van der Waals surface area contributed by atoms with Gasteiger partial charge in [-0.3, -0.25) is 19.3 Å². The molecule has 0 saturated carbocycles. The van der Waals surface area contributed by atoms with E-state index in [1.165, 1.54) is 12.0 Å². The Balaban J connectivity index is 1.63. The number of ketones is 2. The summed E-state index contributed by atoms with van der Waals surface area (Å²) in [5.41, 5.74) is 1.02. The summed E-state index contributed by atoms with van der Waals surface area (Å²) in [5.74, 6) is -2.13. The molecular weight excluding hydrogens is 464 g/mol. The number of furan rings is 1. The standard InChI is InChI=1S/C27H24N2O7/c1-4-11-34-19-10-9-17(14-20(19)33-3)24-23(25(30)21-13-16-7-5-6-8-18(16)35-21)26(31)27(32)29(24)22-12-15(2)36-28-22/h5-10,12-14,23-24H,4,11H2,1-3H3. The molecule has 0 bridgehead atoms. The molecule has 1 fully saturated rings. The van der Waals surface area contributed by atoms with Crippen LogP contribution in [0.25, 0.3) is 11.0 Å². The zero-order valence-electron chi connectivity index (χ0n) is 20.0. The summed E-state index contributed by atoms with van der Waals surface area (Å²) in [5, 5.41) is 4.67. The number of aryl methyl sites for hydroxylation is 1. The normalized spacial score (nSPS) is 17.7. The highest BCUT2D eigenvalue weighted by Crippen LogP contribution is 2.43. The van der Waals surface area contributed by atoms with Crippen LogP contribution in [0.15, 0.2) is 63.5 Å². The lowest BCUT2D eigenvalue weighted by atomic mass is 9.88. The Labute approximate surface area is 206 Å². The number of fused-ring (bicyclic) bond motifs is 1. The lowest BCUT2D eigenvalue weighted by Gasteiger charge is -2.25. The molecule has 1 saturated heterocycles. The number of hydrogen-bond acceptors (Lipinski definition) is 8. The number of methoxy groups -OCH3 is 1. The molecule has 2 aromatic carbocycles. The average Bonchev–Trinajstić information content (AvgIpc) is 3.58. The van der Waals surface area contributed by atoms with Crippen molar-refractivity contribution in [1.29, 1.82) is 0 Å². The molecule has 2 unspecified atom stereocenters. The monoisotopic (exact) mass is 488 g/mol. The van der Waals surface area contributed by atoms with Gasteiger partial charge in [-0.2, -0.15) is 0 Å². The highest BCUT2D eigenvalue weighted by atomic mass is 16.5. The Kier molecular flexibility index (Phi) is 6.05. The van der Waals surface area contributed by atoms with Crippen LogP contribution in [0.4, 0.5) is 5.82 Å². The Hall–Kier alpha value is -4.40. The summed E-state index contributed by atoms with van der Waals surface area (Å²) in [4.78, 5) is 41.4. The number of Topliss-reactive ketones (excluding diaryl/α,β-unsaturated/α-hetero) is 2. The van der Waals surface area contributed by atoms with Gasteiger partial charge in [0, 0.05) is 11.5 Å². The van der Waals surface area contributed by atoms with E-state index >= 15 is 0 Å². The zero-order valence-corrected chi connectivity index (χ0v) is 20.0. The van der Waals surface area contributed by atoms with Crippen molar-refractivity contribution in [2.75, 3.05) is 18.6 Å². The van der Waals surface area contributed by atoms with Crippen LogP contribution in [0.1, 0.15) is 41.3 Å². The summed E-state index contributed by atoms with van der Waals surface area (Å²) in [6, 6.07) is 14.4. The number of nitrogens with zero attached hydrogens (tertiary/aromatic N) is 2. The average molecular weight is 488 g/mol. The van der Waals surface area contributed by atoms with E-state index in [-0.39, 0.29) is 11.6 Å². The smallest absolute Gasteiger partial charge is 0.297 e. The van der Waals surface area contributed by atoms with Crippen LogP contribution in [0.2, 0.25) is 0 Å². The Morgan fingerprint density at radius 1 is 1.08 bits per heavy atom. The van der Waals surface area contributed by atoms with E-state index in [1.807, 2.05) is 13.0 Å². The molecule has 1 aliphatic heterocycles. The van der Waals surface area contributed by atoms with Gasteiger partial charge in [0.25, 0.3) is 5.91 Å². The van der Waals surface area contributed by atoms with Crippen molar-refractivity contribution in [3.05, 3.63) is 71.7 Å². The fourth-order valence-corrected chi connectivity index (χ4v) is 4.44.